The van der Waals surface area contributed by atoms with E-state index in [0.29, 0.717) is 6.54 Å². The number of nitrogens with one attached hydrogen (secondary N) is 1. The molecule has 1 aromatic rings. The van der Waals surface area contributed by atoms with Crippen molar-refractivity contribution in [2.45, 2.75) is 33.2 Å². The van der Waals surface area contributed by atoms with Crippen LogP contribution in [0.1, 0.15) is 34.0 Å². The minimum absolute atomic E-state index is 0.0355. The fourth-order valence-electron chi connectivity index (χ4n) is 1.11. The van der Waals surface area contributed by atoms with Crippen LogP contribution in [0.3, 0.4) is 0 Å². The molecule has 4 heteroatoms. The molecule has 15 heavy (non-hydrogen) atoms. The molecule has 1 rings (SSSR count). The molecule has 84 valence electrons. The van der Waals surface area contributed by atoms with Crippen molar-refractivity contribution in [2.75, 3.05) is 6.54 Å². The Bertz CT molecular complexity index is 349. The first kappa shape index (κ1) is 12.2. The highest BCUT2D eigenvalue weighted by molar-refractivity contribution is 7.14. The van der Waals surface area contributed by atoms with Gasteiger partial charge in [0.1, 0.15) is 0 Å². The monoisotopic (exact) mass is 226 g/mol. The normalized spacial score (nSPS) is 11.5. The van der Waals surface area contributed by atoms with Crippen LogP contribution in [0.4, 0.5) is 0 Å². The summed E-state index contributed by atoms with van der Waals surface area (Å²) < 4.78 is 0. The third-order valence-electron chi connectivity index (χ3n) is 2.35. The summed E-state index contributed by atoms with van der Waals surface area (Å²) >= 11 is 1.52. The van der Waals surface area contributed by atoms with Crippen molar-refractivity contribution in [2.24, 2.45) is 5.73 Å². The lowest BCUT2D eigenvalue weighted by Crippen LogP contribution is -2.48. The number of carbonyl (C=O) groups is 1. The molecule has 1 heterocycles. The van der Waals surface area contributed by atoms with Crippen LogP contribution >= 0.6 is 11.3 Å². The summed E-state index contributed by atoms with van der Waals surface area (Å²) in [6, 6.07) is 1.92. The summed E-state index contributed by atoms with van der Waals surface area (Å²) in [7, 11) is 0. The van der Waals surface area contributed by atoms with Gasteiger partial charge in [-0.05, 0) is 39.3 Å². The Morgan fingerprint density at radius 2 is 2.13 bits per heavy atom. The molecule has 1 amide bonds. The molecule has 3 N–H and O–H groups in total. The number of carbonyl (C=O) groups excluding carboxylic acids is 1. The van der Waals surface area contributed by atoms with Crippen molar-refractivity contribution in [3.8, 4) is 0 Å². The van der Waals surface area contributed by atoms with Crippen LogP contribution in [-0.2, 0) is 0 Å². The predicted octanol–water partition coefficient (Wildman–Crippen LogP) is 1.83. The standard InChI is InChI=1S/C11H18N2OS/c1-7-5-9(15-8(7)2)10(14)13-11(3,4)6-12/h5H,6,12H2,1-4H3,(H,13,14). The number of amides is 1. The molecular weight excluding hydrogens is 208 g/mol. The van der Waals surface area contributed by atoms with Crippen LogP contribution in [0, 0.1) is 13.8 Å². The highest BCUT2D eigenvalue weighted by Crippen LogP contribution is 2.20. The van der Waals surface area contributed by atoms with E-state index in [1.165, 1.54) is 16.2 Å². The van der Waals surface area contributed by atoms with Crippen molar-refractivity contribution in [3.63, 3.8) is 0 Å². The number of hydrogen-bond acceptors (Lipinski definition) is 3. The fraction of sp³-hybridized carbons (Fsp3) is 0.545. The maximum atomic E-state index is 11.8. The van der Waals surface area contributed by atoms with Gasteiger partial charge in [-0.1, -0.05) is 0 Å². The number of thiophene rings is 1. The molecule has 1 aromatic heterocycles. The van der Waals surface area contributed by atoms with Gasteiger partial charge in [-0.3, -0.25) is 4.79 Å². The number of hydrogen-bond donors (Lipinski definition) is 2. The minimum Gasteiger partial charge on any atom is -0.345 e. The highest BCUT2D eigenvalue weighted by atomic mass is 32.1. The lowest BCUT2D eigenvalue weighted by molar-refractivity contribution is 0.0920. The zero-order valence-corrected chi connectivity index (χ0v) is 10.5. The molecule has 0 aromatic carbocycles. The Morgan fingerprint density at radius 1 is 1.53 bits per heavy atom. The second-order valence-corrected chi connectivity index (χ2v) is 5.65. The molecule has 0 aliphatic rings. The van der Waals surface area contributed by atoms with Gasteiger partial charge in [-0.2, -0.15) is 0 Å². The van der Waals surface area contributed by atoms with E-state index in [-0.39, 0.29) is 11.4 Å². The summed E-state index contributed by atoms with van der Waals surface area (Å²) in [5, 5.41) is 2.91. The summed E-state index contributed by atoms with van der Waals surface area (Å²) in [6.07, 6.45) is 0. The van der Waals surface area contributed by atoms with Crippen LogP contribution < -0.4 is 11.1 Å². The van der Waals surface area contributed by atoms with Crippen LogP contribution in [0.5, 0.6) is 0 Å². The van der Waals surface area contributed by atoms with E-state index in [9.17, 15) is 4.79 Å². The summed E-state index contributed by atoms with van der Waals surface area (Å²) in [5.74, 6) is -0.0355. The van der Waals surface area contributed by atoms with E-state index < -0.39 is 0 Å². The topological polar surface area (TPSA) is 55.1 Å². The molecule has 0 spiro atoms. The lowest BCUT2D eigenvalue weighted by Gasteiger charge is -2.23. The molecule has 0 fully saturated rings. The number of nitrogens with two attached hydrogens (primary N) is 1. The van der Waals surface area contributed by atoms with E-state index in [1.807, 2.05) is 33.8 Å². The number of rotatable bonds is 3. The second kappa shape index (κ2) is 4.33. The smallest absolute Gasteiger partial charge is 0.261 e. The summed E-state index contributed by atoms with van der Waals surface area (Å²) in [6.45, 7) is 8.29. The Balaban J connectivity index is 2.78. The second-order valence-electron chi connectivity index (χ2n) is 4.39. The molecule has 0 atom stereocenters. The van der Waals surface area contributed by atoms with Gasteiger partial charge >= 0.3 is 0 Å². The van der Waals surface area contributed by atoms with E-state index in [1.54, 1.807) is 0 Å². The van der Waals surface area contributed by atoms with Crippen LogP contribution in [-0.4, -0.2) is 18.0 Å². The van der Waals surface area contributed by atoms with Crippen molar-refractivity contribution in [1.29, 1.82) is 0 Å². The maximum Gasteiger partial charge on any atom is 0.261 e. The molecule has 0 saturated heterocycles. The molecule has 0 aliphatic heterocycles. The van der Waals surface area contributed by atoms with Gasteiger partial charge in [0.2, 0.25) is 0 Å². The Hall–Kier alpha value is -0.870. The highest BCUT2D eigenvalue weighted by Gasteiger charge is 2.20. The minimum atomic E-state index is -0.344. The first-order chi connectivity index (χ1) is 6.85. The molecule has 0 radical (unpaired) electrons. The van der Waals surface area contributed by atoms with Crippen molar-refractivity contribution < 1.29 is 4.79 Å². The fourth-order valence-corrected chi connectivity index (χ4v) is 2.03. The van der Waals surface area contributed by atoms with E-state index >= 15 is 0 Å². The Labute approximate surface area is 94.7 Å². The van der Waals surface area contributed by atoms with E-state index in [2.05, 4.69) is 5.32 Å². The van der Waals surface area contributed by atoms with Gasteiger partial charge in [-0.25, -0.2) is 0 Å². The summed E-state index contributed by atoms with van der Waals surface area (Å²) in [5.41, 5.74) is 6.37. The molecular formula is C11H18N2OS. The predicted molar refractivity (Wildman–Crippen MR) is 64.4 cm³/mol. The summed E-state index contributed by atoms with van der Waals surface area (Å²) in [4.78, 5) is 13.8. The first-order valence-corrected chi connectivity index (χ1v) is 5.77. The lowest BCUT2D eigenvalue weighted by atomic mass is 10.1. The largest absolute Gasteiger partial charge is 0.345 e. The van der Waals surface area contributed by atoms with Crippen LogP contribution in [0.15, 0.2) is 6.07 Å². The maximum absolute atomic E-state index is 11.8. The average molecular weight is 226 g/mol. The van der Waals surface area contributed by atoms with Gasteiger partial charge in [0.25, 0.3) is 5.91 Å². The van der Waals surface area contributed by atoms with Crippen LogP contribution in [0.2, 0.25) is 0 Å². The van der Waals surface area contributed by atoms with Gasteiger partial charge in [0.15, 0.2) is 0 Å². The van der Waals surface area contributed by atoms with E-state index in [0.717, 1.165) is 10.4 Å². The Kier molecular flexibility index (Phi) is 3.52. The van der Waals surface area contributed by atoms with Gasteiger partial charge < -0.3 is 11.1 Å². The van der Waals surface area contributed by atoms with Gasteiger partial charge in [-0.15, -0.1) is 11.3 Å². The third-order valence-corrected chi connectivity index (χ3v) is 3.50. The first-order valence-electron chi connectivity index (χ1n) is 4.95. The van der Waals surface area contributed by atoms with Crippen molar-refractivity contribution in [3.05, 3.63) is 21.4 Å². The average Bonchev–Trinajstić information content (AvgIpc) is 2.47. The van der Waals surface area contributed by atoms with Crippen molar-refractivity contribution >= 4 is 17.2 Å². The molecule has 0 unspecified atom stereocenters. The van der Waals surface area contributed by atoms with Gasteiger partial charge in [0.05, 0.1) is 4.88 Å². The van der Waals surface area contributed by atoms with Crippen LogP contribution in [0.25, 0.3) is 0 Å². The SMILES string of the molecule is Cc1cc(C(=O)NC(C)(C)CN)sc1C. The quantitative estimate of drug-likeness (QED) is 0.826. The van der Waals surface area contributed by atoms with Crippen molar-refractivity contribution in [1.82, 2.24) is 5.32 Å². The zero-order chi connectivity index (χ0) is 11.6. The molecule has 3 nitrogen and oxygen atoms in total. The molecule has 0 bridgehead atoms. The zero-order valence-electron chi connectivity index (χ0n) is 9.68. The molecule has 0 saturated carbocycles. The number of aryl methyl sites for hydroxylation is 2. The molecule has 0 aliphatic carbocycles. The Morgan fingerprint density at radius 3 is 2.53 bits per heavy atom. The van der Waals surface area contributed by atoms with Gasteiger partial charge in [0, 0.05) is 17.0 Å². The third kappa shape index (κ3) is 3.04. The van der Waals surface area contributed by atoms with E-state index in [4.69, 9.17) is 5.73 Å².